The smallest absolute Gasteiger partial charge is 0.252 e. The molecule has 1 fully saturated rings. The molecule has 5 nitrogen and oxygen atoms in total. The summed E-state index contributed by atoms with van der Waals surface area (Å²) in [6.07, 6.45) is 2.62. The number of aromatic amines is 1. The molecule has 0 atom stereocenters. The van der Waals surface area contributed by atoms with Gasteiger partial charge >= 0.3 is 0 Å². The van der Waals surface area contributed by atoms with Crippen molar-refractivity contribution in [1.82, 2.24) is 15.2 Å². The zero-order valence-electron chi connectivity index (χ0n) is 13.0. The van der Waals surface area contributed by atoms with Crippen LogP contribution in [0, 0.1) is 0 Å². The van der Waals surface area contributed by atoms with E-state index in [0.29, 0.717) is 6.54 Å². The Hall–Kier alpha value is -1.85. The van der Waals surface area contributed by atoms with Gasteiger partial charge in [0.15, 0.2) is 0 Å². The summed E-state index contributed by atoms with van der Waals surface area (Å²) in [6, 6.07) is 7.62. The summed E-state index contributed by atoms with van der Waals surface area (Å²) < 4.78 is 5.23. The fourth-order valence-corrected chi connectivity index (χ4v) is 2.95. The maximum absolute atomic E-state index is 12.1. The number of rotatable bonds is 6. The molecule has 0 bridgehead atoms. The molecule has 1 aromatic heterocycles. The number of hydrogen-bond donors (Lipinski definition) is 2. The van der Waals surface area contributed by atoms with Crippen LogP contribution >= 0.6 is 0 Å². The third kappa shape index (κ3) is 3.48. The van der Waals surface area contributed by atoms with Crippen LogP contribution < -0.4 is 15.6 Å². The maximum Gasteiger partial charge on any atom is 0.252 e. The zero-order valence-corrected chi connectivity index (χ0v) is 13.0. The van der Waals surface area contributed by atoms with Gasteiger partial charge in [-0.2, -0.15) is 0 Å². The van der Waals surface area contributed by atoms with Crippen LogP contribution in [0.1, 0.15) is 18.4 Å². The van der Waals surface area contributed by atoms with Gasteiger partial charge in [0.05, 0.1) is 7.11 Å². The van der Waals surface area contributed by atoms with Crippen molar-refractivity contribution in [3.63, 3.8) is 0 Å². The highest BCUT2D eigenvalue weighted by atomic mass is 16.5. The Morgan fingerprint density at radius 2 is 2.09 bits per heavy atom. The fourth-order valence-electron chi connectivity index (χ4n) is 2.95. The molecule has 0 spiro atoms. The number of nitrogens with one attached hydrogen (secondary N) is 2. The van der Waals surface area contributed by atoms with E-state index < -0.39 is 0 Å². The summed E-state index contributed by atoms with van der Waals surface area (Å²) in [5, 5.41) is 4.37. The van der Waals surface area contributed by atoms with Gasteiger partial charge in [-0.1, -0.05) is 0 Å². The lowest BCUT2D eigenvalue weighted by molar-refractivity contribution is 0.335. The van der Waals surface area contributed by atoms with Crippen LogP contribution in [0.2, 0.25) is 0 Å². The molecule has 22 heavy (non-hydrogen) atoms. The predicted molar refractivity (Wildman–Crippen MR) is 88.5 cm³/mol. The molecule has 5 heteroatoms. The molecule has 0 unspecified atom stereocenters. The standard InChI is InChI=1S/C17H23N3O2/c1-22-15-4-5-16-13(11-15)10-14(17(21)19-16)12-18-6-9-20-7-2-3-8-20/h4-5,10-11,18H,2-3,6-9,12H2,1H3,(H,19,21). The number of benzene rings is 1. The Kier molecular flexibility index (Phi) is 4.75. The van der Waals surface area contributed by atoms with Gasteiger partial charge in [-0.3, -0.25) is 4.79 Å². The molecule has 1 aromatic carbocycles. The molecule has 1 saturated heterocycles. The van der Waals surface area contributed by atoms with Crippen LogP contribution in [0.3, 0.4) is 0 Å². The Labute approximate surface area is 130 Å². The summed E-state index contributed by atoms with van der Waals surface area (Å²) in [4.78, 5) is 17.5. The molecule has 2 heterocycles. The van der Waals surface area contributed by atoms with Crippen molar-refractivity contribution in [2.45, 2.75) is 19.4 Å². The van der Waals surface area contributed by atoms with E-state index in [1.165, 1.54) is 25.9 Å². The lowest BCUT2D eigenvalue weighted by atomic mass is 10.1. The number of H-pyrrole nitrogens is 1. The first kappa shape index (κ1) is 15.1. The minimum absolute atomic E-state index is 0.0219. The maximum atomic E-state index is 12.1. The highest BCUT2D eigenvalue weighted by Crippen LogP contribution is 2.18. The van der Waals surface area contributed by atoms with E-state index in [2.05, 4.69) is 15.2 Å². The van der Waals surface area contributed by atoms with Crippen molar-refractivity contribution in [2.75, 3.05) is 33.3 Å². The third-order valence-electron chi connectivity index (χ3n) is 4.25. The van der Waals surface area contributed by atoms with Gasteiger partial charge < -0.3 is 19.9 Å². The molecule has 118 valence electrons. The topological polar surface area (TPSA) is 57.4 Å². The molecule has 2 N–H and O–H groups in total. The van der Waals surface area contributed by atoms with Gasteiger partial charge in [-0.05, 0) is 50.2 Å². The molecule has 3 rings (SSSR count). The summed E-state index contributed by atoms with van der Waals surface area (Å²) in [7, 11) is 1.65. The second-order valence-corrected chi connectivity index (χ2v) is 5.80. The summed E-state index contributed by atoms with van der Waals surface area (Å²) in [5.41, 5.74) is 1.58. The summed E-state index contributed by atoms with van der Waals surface area (Å²) in [5.74, 6) is 0.799. The van der Waals surface area contributed by atoms with Crippen LogP contribution in [0.15, 0.2) is 29.1 Å². The van der Waals surface area contributed by atoms with Gasteiger partial charge in [-0.25, -0.2) is 0 Å². The largest absolute Gasteiger partial charge is 0.497 e. The van der Waals surface area contributed by atoms with Gasteiger partial charge in [0, 0.05) is 36.1 Å². The van der Waals surface area contributed by atoms with Crippen molar-refractivity contribution in [1.29, 1.82) is 0 Å². The van der Waals surface area contributed by atoms with E-state index in [0.717, 1.165) is 35.3 Å². The van der Waals surface area contributed by atoms with Crippen molar-refractivity contribution in [2.24, 2.45) is 0 Å². The van der Waals surface area contributed by atoms with Crippen molar-refractivity contribution in [3.8, 4) is 5.75 Å². The van der Waals surface area contributed by atoms with Crippen molar-refractivity contribution < 1.29 is 4.74 Å². The van der Waals surface area contributed by atoms with E-state index >= 15 is 0 Å². The van der Waals surface area contributed by atoms with Gasteiger partial charge in [0.1, 0.15) is 5.75 Å². The van der Waals surface area contributed by atoms with Gasteiger partial charge in [0.25, 0.3) is 5.56 Å². The van der Waals surface area contributed by atoms with Crippen LogP contribution in [-0.4, -0.2) is 43.2 Å². The third-order valence-corrected chi connectivity index (χ3v) is 4.25. The van der Waals surface area contributed by atoms with Crippen molar-refractivity contribution in [3.05, 3.63) is 40.2 Å². The number of ether oxygens (including phenoxy) is 1. The average Bonchev–Trinajstić information content (AvgIpc) is 3.04. The Balaban J connectivity index is 1.64. The highest BCUT2D eigenvalue weighted by Gasteiger charge is 2.10. The molecular weight excluding hydrogens is 278 g/mol. The number of nitrogens with zero attached hydrogens (tertiary/aromatic N) is 1. The normalized spacial score (nSPS) is 15.5. The Bertz CT molecular complexity index is 690. The average molecular weight is 301 g/mol. The summed E-state index contributed by atoms with van der Waals surface area (Å²) >= 11 is 0. The fraction of sp³-hybridized carbons (Fsp3) is 0.471. The lowest BCUT2D eigenvalue weighted by Crippen LogP contribution is -2.31. The number of pyridine rings is 1. The first-order valence-electron chi connectivity index (χ1n) is 7.89. The predicted octanol–water partition coefficient (Wildman–Crippen LogP) is 1.72. The van der Waals surface area contributed by atoms with Gasteiger partial charge in [-0.15, -0.1) is 0 Å². The van der Waals surface area contributed by atoms with E-state index in [4.69, 9.17) is 4.74 Å². The molecule has 1 aliphatic rings. The molecule has 2 aromatic rings. The molecule has 1 aliphatic heterocycles. The first-order valence-corrected chi connectivity index (χ1v) is 7.89. The molecule has 0 saturated carbocycles. The van der Waals surface area contributed by atoms with Crippen LogP contribution in [0.25, 0.3) is 10.9 Å². The van der Waals surface area contributed by atoms with Crippen LogP contribution in [0.4, 0.5) is 0 Å². The summed E-state index contributed by atoms with van der Waals surface area (Å²) in [6.45, 7) is 4.97. The van der Waals surface area contributed by atoms with E-state index in [-0.39, 0.29) is 5.56 Å². The highest BCUT2D eigenvalue weighted by molar-refractivity contribution is 5.80. The van der Waals surface area contributed by atoms with E-state index in [1.807, 2.05) is 24.3 Å². The van der Waals surface area contributed by atoms with E-state index in [1.54, 1.807) is 7.11 Å². The number of likely N-dealkylation sites (tertiary alicyclic amines) is 1. The SMILES string of the molecule is COc1ccc2[nH]c(=O)c(CNCCN3CCCC3)cc2c1. The monoisotopic (exact) mass is 301 g/mol. The zero-order chi connectivity index (χ0) is 15.4. The first-order chi connectivity index (χ1) is 10.8. The second-order valence-electron chi connectivity index (χ2n) is 5.80. The van der Waals surface area contributed by atoms with Gasteiger partial charge in [0.2, 0.25) is 0 Å². The second kappa shape index (κ2) is 6.94. The molecular formula is C17H23N3O2. The van der Waals surface area contributed by atoms with Crippen molar-refractivity contribution >= 4 is 10.9 Å². The number of methoxy groups -OCH3 is 1. The van der Waals surface area contributed by atoms with E-state index in [9.17, 15) is 4.79 Å². The molecule has 0 amide bonds. The minimum Gasteiger partial charge on any atom is -0.497 e. The lowest BCUT2D eigenvalue weighted by Gasteiger charge is -2.14. The Morgan fingerprint density at radius 3 is 2.86 bits per heavy atom. The minimum atomic E-state index is -0.0219. The quantitative estimate of drug-likeness (QED) is 0.798. The molecule has 0 radical (unpaired) electrons. The van der Waals surface area contributed by atoms with Crippen LogP contribution in [0.5, 0.6) is 5.75 Å². The van der Waals surface area contributed by atoms with Crippen LogP contribution in [-0.2, 0) is 6.54 Å². The number of hydrogen-bond acceptors (Lipinski definition) is 4. The number of fused-ring (bicyclic) bond motifs is 1. The molecule has 0 aliphatic carbocycles. The number of aromatic nitrogens is 1. The Morgan fingerprint density at radius 1 is 1.27 bits per heavy atom.